The number of nitrogens with one attached hydrogen (secondary N) is 3. The van der Waals surface area contributed by atoms with Crippen molar-refractivity contribution in [2.75, 3.05) is 0 Å². The molecular weight excluding hydrogens is 370 g/mol. The van der Waals surface area contributed by atoms with Crippen molar-refractivity contribution < 1.29 is 14.0 Å². The second-order valence-electron chi connectivity index (χ2n) is 4.33. The van der Waals surface area contributed by atoms with Gasteiger partial charge in [0.05, 0.1) is 0 Å². The fraction of sp³-hybridized carbons (Fsp3) is 0.0714. The lowest BCUT2D eigenvalue weighted by molar-refractivity contribution is 0.0926. The predicted molar refractivity (Wildman–Crippen MR) is 88.3 cm³/mol. The molecule has 6 nitrogen and oxygen atoms in total. The van der Waals surface area contributed by atoms with E-state index in [1.807, 2.05) is 19.1 Å². The summed E-state index contributed by atoms with van der Waals surface area (Å²) in [5, 5.41) is 2.33. The Morgan fingerprint density at radius 3 is 2.32 bits per heavy atom. The normalized spacial score (nSPS) is 9.91. The quantitative estimate of drug-likeness (QED) is 0.549. The molecule has 0 aliphatic heterocycles. The number of amides is 2. The first-order chi connectivity index (χ1) is 10.5. The topological polar surface area (TPSA) is 83.4 Å². The Labute approximate surface area is 140 Å². The zero-order valence-corrected chi connectivity index (χ0v) is 13.9. The van der Waals surface area contributed by atoms with Gasteiger partial charge in [-0.1, -0.05) is 17.7 Å². The van der Waals surface area contributed by atoms with Gasteiger partial charge in [0.2, 0.25) is 0 Å². The van der Waals surface area contributed by atoms with Crippen molar-refractivity contribution in [3.8, 4) is 0 Å². The van der Waals surface area contributed by atoms with Crippen LogP contribution >= 0.6 is 28.1 Å². The number of hydrazine groups is 1. The van der Waals surface area contributed by atoms with Gasteiger partial charge in [0, 0.05) is 5.56 Å². The van der Waals surface area contributed by atoms with Crippen molar-refractivity contribution in [3.05, 3.63) is 58.0 Å². The number of rotatable bonds is 2. The minimum absolute atomic E-state index is 0.0435. The van der Waals surface area contributed by atoms with E-state index in [0.29, 0.717) is 10.2 Å². The van der Waals surface area contributed by atoms with Gasteiger partial charge in [0.25, 0.3) is 11.8 Å². The van der Waals surface area contributed by atoms with Crippen LogP contribution in [0.1, 0.15) is 26.5 Å². The van der Waals surface area contributed by atoms with Gasteiger partial charge in [0.1, 0.15) is 0 Å². The molecule has 3 N–H and O–H groups in total. The molecule has 1 aromatic heterocycles. The molecule has 8 heteroatoms. The lowest BCUT2D eigenvalue weighted by Gasteiger charge is -2.10. The molecule has 0 spiro atoms. The largest absolute Gasteiger partial charge is 0.444 e. The predicted octanol–water partition coefficient (Wildman–Crippen LogP) is 2.30. The molecule has 1 aromatic carbocycles. The van der Waals surface area contributed by atoms with Crippen LogP contribution in [0.25, 0.3) is 0 Å². The lowest BCUT2D eigenvalue weighted by Crippen LogP contribution is -2.48. The SMILES string of the molecule is Cc1ccc(C(=O)NNC(=S)NC(=O)c2ccc(Br)o2)cc1. The Hall–Kier alpha value is -2.19. The number of halogens is 1. The minimum Gasteiger partial charge on any atom is -0.444 e. The van der Waals surface area contributed by atoms with Gasteiger partial charge in [-0.05, 0) is 59.3 Å². The van der Waals surface area contributed by atoms with Gasteiger partial charge in [-0.15, -0.1) is 0 Å². The second kappa shape index (κ2) is 7.19. The Balaban J connectivity index is 1.83. The number of hydrogen-bond donors (Lipinski definition) is 3. The number of aryl methyl sites for hydroxylation is 1. The second-order valence-corrected chi connectivity index (χ2v) is 5.52. The van der Waals surface area contributed by atoms with Crippen LogP contribution in [0, 0.1) is 6.92 Å². The summed E-state index contributed by atoms with van der Waals surface area (Å²) < 4.78 is 5.52. The van der Waals surface area contributed by atoms with Gasteiger partial charge in [-0.25, -0.2) is 0 Å². The van der Waals surface area contributed by atoms with Crippen LogP contribution in [0.4, 0.5) is 0 Å². The van der Waals surface area contributed by atoms with Gasteiger partial charge in [-0.2, -0.15) is 0 Å². The van der Waals surface area contributed by atoms with Crippen molar-refractivity contribution in [1.82, 2.24) is 16.2 Å². The highest BCUT2D eigenvalue weighted by molar-refractivity contribution is 9.10. The zero-order chi connectivity index (χ0) is 16.1. The van der Waals surface area contributed by atoms with Crippen molar-refractivity contribution in [2.45, 2.75) is 6.92 Å². The summed E-state index contributed by atoms with van der Waals surface area (Å²) in [4.78, 5) is 23.6. The first-order valence-corrected chi connectivity index (χ1v) is 7.39. The number of carbonyl (C=O) groups excluding carboxylic acids is 2. The molecule has 0 aliphatic carbocycles. The van der Waals surface area contributed by atoms with Gasteiger partial charge in [-0.3, -0.25) is 25.8 Å². The maximum absolute atomic E-state index is 11.8. The Kier molecular flexibility index (Phi) is 5.29. The Bertz CT molecular complexity index is 712. The highest BCUT2D eigenvalue weighted by Gasteiger charge is 2.12. The van der Waals surface area contributed by atoms with Crippen molar-refractivity contribution in [1.29, 1.82) is 0 Å². The molecule has 2 rings (SSSR count). The first-order valence-electron chi connectivity index (χ1n) is 6.19. The fourth-order valence-electron chi connectivity index (χ4n) is 1.52. The highest BCUT2D eigenvalue weighted by atomic mass is 79.9. The van der Waals surface area contributed by atoms with Crippen LogP contribution in [0.2, 0.25) is 0 Å². The summed E-state index contributed by atoms with van der Waals surface area (Å²) in [7, 11) is 0. The third-order valence-corrected chi connectivity index (χ3v) is 3.26. The monoisotopic (exact) mass is 381 g/mol. The lowest BCUT2D eigenvalue weighted by atomic mass is 10.1. The Morgan fingerprint density at radius 2 is 1.73 bits per heavy atom. The van der Waals surface area contributed by atoms with E-state index < -0.39 is 5.91 Å². The molecule has 1 heterocycles. The van der Waals surface area contributed by atoms with Crippen LogP contribution in [-0.4, -0.2) is 16.9 Å². The van der Waals surface area contributed by atoms with E-state index in [0.717, 1.165) is 5.56 Å². The fourth-order valence-corrected chi connectivity index (χ4v) is 1.97. The average Bonchev–Trinajstić information content (AvgIpc) is 2.92. The molecule has 2 amide bonds. The van der Waals surface area contributed by atoms with Gasteiger partial charge < -0.3 is 4.42 Å². The number of thiocarbonyl (C=S) groups is 1. The van der Waals surface area contributed by atoms with Crippen LogP contribution in [0.5, 0.6) is 0 Å². The van der Waals surface area contributed by atoms with Crippen LogP contribution in [0.3, 0.4) is 0 Å². The number of hydrogen-bond acceptors (Lipinski definition) is 4. The third kappa shape index (κ3) is 4.40. The molecular formula is C14H12BrN3O3S. The molecule has 0 unspecified atom stereocenters. The molecule has 0 atom stereocenters. The molecule has 114 valence electrons. The number of carbonyl (C=O) groups is 2. The summed E-state index contributed by atoms with van der Waals surface area (Å²) in [6, 6.07) is 10.1. The van der Waals surface area contributed by atoms with E-state index in [9.17, 15) is 9.59 Å². The van der Waals surface area contributed by atoms with Gasteiger partial charge in [0.15, 0.2) is 15.5 Å². The van der Waals surface area contributed by atoms with E-state index in [4.69, 9.17) is 16.6 Å². The first kappa shape index (κ1) is 16.2. The summed E-state index contributed by atoms with van der Waals surface area (Å²) >= 11 is 8.01. The van der Waals surface area contributed by atoms with E-state index in [1.54, 1.807) is 18.2 Å². The molecule has 0 aliphatic rings. The maximum Gasteiger partial charge on any atom is 0.293 e. The van der Waals surface area contributed by atoms with Crippen molar-refractivity contribution in [3.63, 3.8) is 0 Å². The summed E-state index contributed by atoms with van der Waals surface area (Å²) in [6.07, 6.45) is 0. The third-order valence-electron chi connectivity index (χ3n) is 2.63. The molecule has 2 aromatic rings. The van der Waals surface area contributed by atoms with Crippen LogP contribution in [-0.2, 0) is 0 Å². The minimum atomic E-state index is -0.521. The van der Waals surface area contributed by atoms with Crippen LogP contribution < -0.4 is 16.2 Å². The van der Waals surface area contributed by atoms with Gasteiger partial charge >= 0.3 is 0 Å². The molecule has 22 heavy (non-hydrogen) atoms. The summed E-state index contributed by atoms with van der Waals surface area (Å²) in [6.45, 7) is 1.93. The van der Waals surface area contributed by atoms with Crippen molar-refractivity contribution >= 4 is 45.1 Å². The number of furan rings is 1. The highest BCUT2D eigenvalue weighted by Crippen LogP contribution is 2.13. The average molecular weight is 382 g/mol. The van der Waals surface area contributed by atoms with Crippen LogP contribution in [0.15, 0.2) is 45.5 Å². The summed E-state index contributed by atoms with van der Waals surface area (Å²) in [5.74, 6) is -0.786. The maximum atomic E-state index is 11.8. The summed E-state index contributed by atoms with van der Waals surface area (Å²) in [5.41, 5.74) is 6.37. The van der Waals surface area contributed by atoms with E-state index in [1.165, 1.54) is 6.07 Å². The number of benzene rings is 1. The van der Waals surface area contributed by atoms with Crippen molar-refractivity contribution in [2.24, 2.45) is 0 Å². The zero-order valence-electron chi connectivity index (χ0n) is 11.5. The van der Waals surface area contributed by atoms with E-state index >= 15 is 0 Å². The Morgan fingerprint density at radius 1 is 1.05 bits per heavy atom. The molecule has 0 bridgehead atoms. The standard InChI is InChI=1S/C14H12BrN3O3S/c1-8-2-4-9(5-3-8)12(19)17-18-14(22)16-13(20)10-6-7-11(15)21-10/h2-7H,1H3,(H,17,19)(H2,16,18,20,22). The molecule has 0 radical (unpaired) electrons. The smallest absolute Gasteiger partial charge is 0.293 e. The molecule has 0 fully saturated rings. The molecule has 0 saturated heterocycles. The van der Waals surface area contributed by atoms with E-state index in [-0.39, 0.29) is 16.8 Å². The van der Waals surface area contributed by atoms with E-state index in [2.05, 4.69) is 32.1 Å². The molecule has 0 saturated carbocycles.